The lowest BCUT2D eigenvalue weighted by atomic mass is 10.3. The number of carbonyl (C=O) groups is 1. The topological polar surface area (TPSA) is 95.6 Å². The van der Waals surface area contributed by atoms with E-state index in [9.17, 15) is 13.2 Å². The van der Waals surface area contributed by atoms with E-state index in [1.54, 1.807) is 42.3 Å². The number of imidazole rings is 1. The van der Waals surface area contributed by atoms with Crippen LogP contribution in [0.1, 0.15) is 0 Å². The minimum Gasteiger partial charge on any atom is -0.497 e. The molecule has 0 unspecified atom stereocenters. The highest BCUT2D eigenvalue weighted by atomic mass is 32.2. The summed E-state index contributed by atoms with van der Waals surface area (Å²) in [5, 5.41) is 0.664. The summed E-state index contributed by atoms with van der Waals surface area (Å²) in [6, 6.07) is 13.9. The molecule has 0 atom stereocenters. The molecule has 1 amide bonds. The van der Waals surface area contributed by atoms with Crippen LogP contribution in [-0.4, -0.2) is 72.5 Å². The van der Waals surface area contributed by atoms with Crippen LogP contribution >= 0.6 is 11.8 Å². The predicted octanol–water partition coefficient (Wildman–Crippen LogP) is 2.20. The minimum atomic E-state index is -3.52. The number of carbonyl (C=O) groups excluding carboxylic acids is 1. The Morgan fingerprint density at radius 3 is 2.57 bits per heavy atom. The zero-order valence-electron chi connectivity index (χ0n) is 16.4. The van der Waals surface area contributed by atoms with E-state index >= 15 is 0 Å². The summed E-state index contributed by atoms with van der Waals surface area (Å²) >= 11 is 1.33. The van der Waals surface area contributed by atoms with Crippen LogP contribution < -0.4 is 4.74 Å². The maximum Gasteiger partial charge on any atom is 0.243 e. The number of rotatable bonds is 6. The number of sulfonamides is 1. The van der Waals surface area contributed by atoms with E-state index in [-0.39, 0.29) is 29.6 Å². The Balaban J connectivity index is 1.32. The van der Waals surface area contributed by atoms with Gasteiger partial charge in [0.25, 0.3) is 0 Å². The fourth-order valence-electron chi connectivity index (χ4n) is 3.30. The van der Waals surface area contributed by atoms with Crippen molar-refractivity contribution in [1.29, 1.82) is 0 Å². The van der Waals surface area contributed by atoms with Gasteiger partial charge in [-0.2, -0.15) is 4.31 Å². The Kier molecular flexibility index (Phi) is 5.98. The fourth-order valence-corrected chi connectivity index (χ4v) is 5.53. The summed E-state index contributed by atoms with van der Waals surface area (Å²) in [5.41, 5.74) is 1.66. The summed E-state index contributed by atoms with van der Waals surface area (Å²) in [6.07, 6.45) is 0. The smallest absolute Gasteiger partial charge is 0.243 e. The second-order valence-corrected chi connectivity index (χ2v) is 9.71. The second-order valence-electron chi connectivity index (χ2n) is 6.81. The van der Waals surface area contributed by atoms with Gasteiger partial charge in [0, 0.05) is 32.2 Å². The van der Waals surface area contributed by atoms with Crippen LogP contribution in [0.25, 0.3) is 11.0 Å². The minimum absolute atomic E-state index is 0.0326. The molecule has 0 radical (unpaired) electrons. The van der Waals surface area contributed by atoms with Gasteiger partial charge in [0.2, 0.25) is 15.9 Å². The molecule has 2 heterocycles. The summed E-state index contributed by atoms with van der Waals surface area (Å²) in [5.74, 6) is 0.944. The number of thioether (sulfide) groups is 1. The number of aromatic amines is 1. The monoisotopic (exact) mass is 446 g/mol. The van der Waals surface area contributed by atoms with Gasteiger partial charge in [0.15, 0.2) is 5.16 Å². The first-order valence-electron chi connectivity index (χ1n) is 9.47. The van der Waals surface area contributed by atoms with Crippen molar-refractivity contribution >= 4 is 38.7 Å². The van der Waals surface area contributed by atoms with E-state index in [1.807, 2.05) is 18.2 Å². The van der Waals surface area contributed by atoms with Crippen LogP contribution in [0.15, 0.2) is 58.6 Å². The van der Waals surface area contributed by atoms with Gasteiger partial charge in [-0.25, -0.2) is 13.4 Å². The van der Waals surface area contributed by atoms with Crippen LogP contribution in [0.4, 0.5) is 0 Å². The highest BCUT2D eigenvalue weighted by Crippen LogP contribution is 2.24. The zero-order valence-corrected chi connectivity index (χ0v) is 18.1. The molecular formula is C20H22N4O4S2. The SMILES string of the molecule is COc1ccc2nc(SCC(=O)N3CCN(S(=O)(=O)c4ccccc4)CC3)[nH]c2c1. The first-order valence-corrected chi connectivity index (χ1v) is 11.9. The standard InChI is InChI=1S/C20H22N4O4S2/c1-28-15-7-8-17-18(13-15)22-20(21-17)29-14-19(25)23-9-11-24(12-10-23)30(26,27)16-5-3-2-4-6-16/h2-8,13H,9-12,14H2,1H3,(H,21,22). The van der Waals surface area contributed by atoms with Crippen molar-refractivity contribution in [3.05, 3.63) is 48.5 Å². The highest BCUT2D eigenvalue weighted by molar-refractivity contribution is 7.99. The van der Waals surface area contributed by atoms with Gasteiger partial charge in [0.1, 0.15) is 5.75 Å². The number of H-pyrrole nitrogens is 1. The van der Waals surface area contributed by atoms with Crippen molar-refractivity contribution in [2.24, 2.45) is 0 Å². The molecule has 0 saturated carbocycles. The van der Waals surface area contributed by atoms with Gasteiger partial charge < -0.3 is 14.6 Å². The Labute approximate surface area is 179 Å². The lowest BCUT2D eigenvalue weighted by Gasteiger charge is -2.34. The first kappa shape index (κ1) is 20.7. The predicted molar refractivity (Wildman–Crippen MR) is 115 cm³/mol. The molecule has 158 valence electrons. The summed E-state index contributed by atoms with van der Waals surface area (Å²) < 4.78 is 32.0. The molecule has 10 heteroatoms. The third-order valence-electron chi connectivity index (χ3n) is 4.97. The van der Waals surface area contributed by atoms with Crippen LogP contribution in [0.2, 0.25) is 0 Å². The molecule has 1 saturated heterocycles. The molecule has 8 nitrogen and oxygen atoms in total. The highest BCUT2D eigenvalue weighted by Gasteiger charge is 2.29. The number of amides is 1. The van der Waals surface area contributed by atoms with Crippen molar-refractivity contribution in [3.8, 4) is 5.75 Å². The van der Waals surface area contributed by atoms with Crippen molar-refractivity contribution in [2.45, 2.75) is 10.1 Å². The van der Waals surface area contributed by atoms with Crippen molar-refractivity contribution in [2.75, 3.05) is 39.0 Å². The molecule has 4 rings (SSSR count). The largest absolute Gasteiger partial charge is 0.497 e. The van der Waals surface area contributed by atoms with E-state index in [2.05, 4.69) is 9.97 Å². The number of hydrogen-bond donors (Lipinski definition) is 1. The van der Waals surface area contributed by atoms with E-state index in [1.165, 1.54) is 16.1 Å². The number of piperazine rings is 1. The Bertz CT molecular complexity index is 1140. The molecule has 1 fully saturated rings. The number of fused-ring (bicyclic) bond motifs is 1. The summed E-state index contributed by atoms with van der Waals surface area (Å²) in [6.45, 7) is 1.34. The lowest BCUT2D eigenvalue weighted by Crippen LogP contribution is -2.50. The third-order valence-corrected chi connectivity index (χ3v) is 7.74. The number of nitrogens with zero attached hydrogens (tertiary/aromatic N) is 3. The molecule has 1 aliphatic rings. The maximum absolute atomic E-state index is 12.7. The molecule has 2 aromatic carbocycles. The molecule has 30 heavy (non-hydrogen) atoms. The van der Waals surface area contributed by atoms with E-state index in [0.717, 1.165) is 16.8 Å². The van der Waals surface area contributed by atoms with Crippen molar-refractivity contribution in [1.82, 2.24) is 19.2 Å². The van der Waals surface area contributed by atoms with Gasteiger partial charge in [-0.05, 0) is 24.3 Å². The molecular weight excluding hydrogens is 424 g/mol. The third kappa shape index (κ3) is 4.30. The molecule has 3 aromatic rings. The van der Waals surface area contributed by atoms with Gasteiger partial charge in [-0.1, -0.05) is 30.0 Å². The number of hydrogen-bond acceptors (Lipinski definition) is 6. The maximum atomic E-state index is 12.7. The van der Waals surface area contributed by atoms with E-state index in [4.69, 9.17) is 4.74 Å². The van der Waals surface area contributed by atoms with Crippen LogP contribution in [0.5, 0.6) is 5.75 Å². The average molecular weight is 447 g/mol. The number of methoxy groups -OCH3 is 1. The molecule has 1 N–H and O–H groups in total. The Hall–Kier alpha value is -2.56. The number of benzene rings is 2. The van der Waals surface area contributed by atoms with Crippen LogP contribution in [0, 0.1) is 0 Å². The summed E-state index contributed by atoms with van der Waals surface area (Å²) in [4.78, 5) is 22.2. The van der Waals surface area contributed by atoms with Gasteiger partial charge >= 0.3 is 0 Å². The van der Waals surface area contributed by atoms with Gasteiger partial charge in [-0.15, -0.1) is 0 Å². The lowest BCUT2D eigenvalue weighted by molar-refractivity contribution is -0.129. The van der Waals surface area contributed by atoms with Crippen molar-refractivity contribution < 1.29 is 17.9 Å². The second kappa shape index (κ2) is 8.66. The quantitative estimate of drug-likeness (QED) is 0.583. The fraction of sp³-hybridized carbons (Fsp3) is 0.300. The van der Waals surface area contributed by atoms with Crippen molar-refractivity contribution in [3.63, 3.8) is 0 Å². The number of ether oxygens (including phenoxy) is 1. The number of nitrogens with one attached hydrogen (secondary N) is 1. The first-order chi connectivity index (χ1) is 14.5. The van der Waals surface area contributed by atoms with Crippen LogP contribution in [0.3, 0.4) is 0 Å². The average Bonchev–Trinajstić information content (AvgIpc) is 3.20. The Morgan fingerprint density at radius 2 is 1.87 bits per heavy atom. The van der Waals surface area contributed by atoms with E-state index < -0.39 is 10.0 Å². The summed E-state index contributed by atoms with van der Waals surface area (Å²) in [7, 11) is -1.91. The van der Waals surface area contributed by atoms with Gasteiger partial charge in [-0.3, -0.25) is 4.79 Å². The molecule has 1 aliphatic heterocycles. The normalized spacial score (nSPS) is 15.4. The molecule has 0 spiro atoms. The van der Waals surface area contributed by atoms with Crippen LogP contribution in [-0.2, 0) is 14.8 Å². The van der Waals surface area contributed by atoms with Gasteiger partial charge in [0.05, 0.1) is 28.8 Å². The molecule has 0 aliphatic carbocycles. The zero-order chi connectivity index (χ0) is 21.1. The Morgan fingerprint density at radius 1 is 1.13 bits per heavy atom. The molecule has 1 aromatic heterocycles. The van der Waals surface area contributed by atoms with E-state index in [0.29, 0.717) is 18.2 Å². The molecule has 0 bridgehead atoms. The number of aromatic nitrogens is 2.